The highest BCUT2D eigenvalue weighted by Crippen LogP contribution is 2.23. The van der Waals surface area contributed by atoms with E-state index < -0.39 is 5.91 Å². The number of nitrogens with one attached hydrogen (secondary N) is 1. The molecule has 6 heteroatoms. The highest BCUT2D eigenvalue weighted by Gasteiger charge is 2.10. The number of amides is 1. The molecule has 0 spiro atoms. The molecule has 22 heavy (non-hydrogen) atoms. The van der Waals surface area contributed by atoms with Crippen LogP contribution in [0.5, 0.6) is 0 Å². The van der Waals surface area contributed by atoms with Gasteiger partial charge >= 0.3 is 0 Å². The second kappa shape index (κ2) is 7.60. The van der Waals surface area contributed by atoms with Crippen LogP contribution in [0.2, 0.25) is 10.0 Å². The topological polar surface area (TPSA) is 65.8 Å². The van der Waals surface area contributed by atoms with Crippen molar-refractivity contribution in [2.24, 2.45) is 0 Å². The van der Waals surface area contributed by atoms with Crippen molar-refractivity contribution in [3.05, 3.63) is 69.5 Å². The number of halogens is 2. The molecule has 0 saturated heterocycles. The SMILES string of the molecule is N#C/C(=C\c1ccc(Cl)cc1Cl)C(=O)NCc1cccnc1. The van der Waals surface area contributed by atoms with Crippen molar-refractivity contribution < 1.29 is 4.79 Å². The molecule has 0 radical (unpaired) electrons. The van der Waals surface area contributed by atoms with Gasteiger partial charge < -0.3 is 5.32 Å². The van der Waals surface area contributed by atoms with Gasteiger partial charge in [-0.05, 0) is 35.4 Å². The third-order valence-corrected chi connectivity index (χ3v) is 3.37. The number of aromatic nitrogens is 1. The molecule has 0 aliphatic heterocycles. The van der Waals surface area contributed by atoms with Crippen LogP contribution in [0, 0.1) is 11.3 Å². The van der Waals surface area contributed by atoms with Gasteiger partial charge in [-0.3, -0.25) is 9.78 Å². The summed E-state index contributed by atoms with van der Waals surface area (Å²) in [6.45, 7) is 0.292. The molecule has 0 atom stereocenters. The summed E-state index contributed by atoms with van der Waals surface area (Å²) >= 11 is 11.8. The van der Waals surface area contributed by atoms with E-state index in [4.69, 9.17) is 28.5 Å². The van der Waals surface area contributed by atoms with E-state index in [9.17, 15) is 4.79 Å². The number of nitriles is 1. The molecule has 1 aromatic carbocycles. The Balaban J connectivity index is 2.12. The minimum Gasteiger partial charge on any atom is -0.347 e. The van der Waals surface area contributed by atoms with Crippen LogP contribution in [-0.2, 0) is 11.3 Å². The summed E-state index contributed by atoms with van der Waals surface area (Å²) in [6.07, 6.45) is 4.72. The number of rotatable bonds is 4. The van der Waals surface area contributed by atoms with Gasteiger partial charge in [-0.15, -0.1) is 0 Å². The summed E-state index contributed by atoms with van der Waals surface area (Å²) in [5.74, 6) is -0.475. The molecule has 1 N–H and O–H groups in total. The first kappa shape index (κ1) is 16.0. The zero-order chi connectivity index (χ0) is 15.9. The summed E-state index contributed by atoms with van der Waals surface area (Å²) in [4.78, 5) is 16.0. The Kier molecular flexibility index (Phi) is 5.54. The van der Waals surface area contributed by atoms with Crippen LogP contribution >= 0.6 is 23.2 Å². The third kappa shape index (κ3) is 4.32. The first-order chi connectivity index (χ1) is 10.6. The molecular formula is C16H11Cl2N3O. The Bertz CT molecular complexity index is 752. The van der Waals surface area contributed by atoms with E-state index in [1.54, 1.807) is 36.7 Å². The molecular weight excluding hydrogens is 321 g/mol. The van der Waals surface area contributed by atoms with Gasteiger partial charge in [-0.1, -0.05) is 35.3 Å². The van der Waals surface area contributed by atoms with Crippen LogP contribution in [0.1, 0.15) is 11.1 Å². The molecule has 2 aromatic rings. The number of hydrogen-bond donors (Lipinski definition) is 1. The van der Waals surface area contributed by atoms with Crippen LogP contribution in [0.4, 0.5) is 0 Å². The van der Waals surface area contributed by atoms with Crippen LogP contribution in [-0.4, -0.2) is 10.9 Å². The van der Waals surface area contributed by atoms with Gasteiger partial charge in [0.2, 0.25) is 0 Å². The first-order valence-electron chi connectivity index (χ1n) is 6.34. The second-order valence-corrected chi connectivity index (χ2v) is 5.22. The molecule has 1 amide bonds. The maximum Gasteiger partial charge on any atom is 0.262 e. The Hall–Kier alpha value is -2.35. The minimum atomic E-state index is -0.475. The molecule has 110 valence electrons. The van der Waals surface area contributed by atoms with Gasteiger partial charge in [0.1, 0.15) is 11.6 Å². The Morgan fingerprint density at radius 3 is 2.82 bits per heavy atom. The fourth-order valence-corrected chi connectivity index (χ4v) is 2.17. The van der Waals surface area contributed by atoms with Gasteiger partial charge in [-0.25, -0.2) is 0 Å². The highest BCUT2D eigenvalue weighted by atomic mass is 35.5. The lowest BCUT2D eigenvalue weighted by atomic mass is 10.1. The van der Waals surface area contributed by atoms with Crippen molar-refractivity contribution in [1.82, 2.24) is 10.3 Å². The predicted octanol–water partition coefficient (Wildman–Crippen LogP) is 3.61. The van der Waals surface area contributed by atoms with Gasteiger partial charge in [0, 0.05) is 29.0 Å². The van der Waals surface area contributed by atoms with Crippen molar-refractivity contribution in [3.8, 4) is 6.07 Å². The van der Waals surface area contributed by atoms with Gasteiger partial charge in [0.25, 0.3) is 5.91 Å². The number of hydrogen-bond acceptors (Lipinski definition) is 3. The lowest BCUT2D eigenvalue weighted by molar-refractivity contribution is -0.117. The van der Waals surface area contributed by atoms with E-state index >= 15 is 0 Å². The van der Waals surface area contributed by atoms with Crippen molar-refractivity contribution in [3.63, 3.8) is 0 Å². The number of nitrogens with zero attached hydrogens (tertiary/aromatic N) is 2. The third-order valence-electron chi connectivity index (χ3n) is 2.80. The maximum atomic E-state index is 12.0. The summed E-state index contributed by atoms with van der Waals surface area (Å²) in [5.41, 5.74) is 1.37. The first-order valence-corrected chi connectivity index (χ1v) is 7.09. The molecule has 2 rings (SSSR count). The summed E-state index contributed by atoms with van der Waals surface area (Å²) in [5, 5.41) is 12.7. The molecule has 0 aliphatic rings. The number of pyridine rings is 1. The molecule has 0 unspecified atom stereocenters. The Morgan fingerprint density at radius 2 is 2.18 bits per heavy atom. The van der Waals surface area contributed by atoms with Gasteiger partial charge in [0.15, 0.2) is 0 Å². The quantitative estimate of drug-likeness (QED) is 0.687. The van der Waals surface area contributed by atoms with Gasteiger partial charge in [0.05, 0.1) is 0 Å². The monoisotopic (exact) mass is 331 g/mol. The normalized spacial score (nSPS) is 10.9. The van der Waals surface area contributed by atoms with E-state index in [0.717, 1.165) is 5.56 Å². The molecule has 0 bridgehead atoms. The predicted molar refractivity (Wildman–Crippen MR) is 86.1 cm³/mol. The van der Waals surface area contributed by atoms with E-state index in [1.165, 1.54) is 6.08 Å². The fraction of sp³-hybridized carbons (Fsp3) is 0.0625. The number of carbonyl (C=O) groups excluding carboxylic acids is 1. The summed E-state index contributed by atoms with van der Waals surface area (Å²) in [7, 11) is 0. The second-order valence-electron chi connectivity index (χ2n) is 4.38. The highest BCUT2D eigenvalue weighted by molar-refractivity contribution is 6.35. The minimum absolute atomic E-state index is 0.0342. The maximum absolute atomic E-state index is 12.0. The van der Waals surface area contributed by atoms with Crippen molar-refractivity contribution in [1.29, 1.82) is 5.26 Å². The fourth-order valence-electron chi connectivity index (χ4n) is 1.70. The van der Waals surface area contributed by atoms with Crippen LogP contribution in [0.15, 0.2) is 48.3 Å². The lowest BCUT2D eigenvalue weighted by Gasteiger charge is -2.05. The number of carbonyl (C=O) groups is 1. The van der Waals surface area contributed by atoms with Crippen molar-refractivity contribution >= 4 is 35.2 Å². The van der Waals surface area contributed by atoms with Crippen molar-refractivity contribution in [2.45, 2.75) is 6.54 Å². The van der Waals surface area contributed by atoms with Crippen molar-refractivity contribution in [2.75, 3.05) is 0 Å². The molecule has 4 nitrogen and oxygen atoms in total. The molecule has 0 saturated carbocycles. The average Bonchev–Trinajstić information content (AvgIpc) is 2.53. The standard InChI is InChI=1S/C16H11Cl2N3O/c17-14-4-3-12(15(18)7-14)6-13(8-19)16(22)21-10-11-2-1-5-20-9-11/h1-7,9H,10H2,(H,21,22)/b13-6+. The molecule has 0 fully saturated rings. The zero-order valence-electron chi connectivity index (χ0n) is 11.4. The largest absolute Gasteiger partial charge is 0.347 e. The van der Waals surface area contributed by atoms with E-state index in [2.05, 4.69) is 10.3 Å². The Labute approximate surface area is 138 Å². The molecule has 1 aromatic heterocycles. The number of benzene rings is 1. The van der Waals surface area contributed by atoms with Crippen LogP contribution < -0.4 is 5.32 Å². The van der Waals surface area contributed by atoms with Crippen LogP contribution in [0.25, 0.3) is 6.08 Å². The van der Waals surface area contributed by atoms with Gasteiger partial charge in [-0.2, -0.15) is 5.26 Å². The summed E-state index contributed by atoms with van der Waals surface area (Å²) < 4.78 is 0. The zero-order valence-corrected chi connectivity index (χ0v) is 12.9. The Morgan fingerprint density at radius 1 is 1.36 bits per heavy atom. The van der Waals surface area contributed by atoms with Crippen LogP contribution in [0.3, 0.4) is 0 Å². The average molecular weight is 332 g/mol. The summed E-state index contributed by atoms with van der Waals surface area (Å²) in [6, 6.07) is 10.3. The molecule has 0 aliphatic carbocycles. The van der Waals surface area contributed by atoms with E-state index in [1.807, 2.05) is 12.1 Å². The smallest absolute Gasteiger partial charge is 0.262 e. The lowest BCUT2D eigenvalue weighted by Crippen LogP contribution is -2.24. The van der Waals surface area contributed by atoms with E-state index in [0.29, 0.717) is 22.2 Å². The molecule has 1 heterocycles. The van der Waals surface area contributed by atoms with E-state index in [-0.39, 0.29) is 5.57 Å².